The van der Waals surface area contributed by atoms with Gasteiger partial charge in [0.1, 0.15) is 11.4 Å². The van der Waals surface area contributed by atoms with Gasteiger partial charge in [-0.15, -0.1) is 11.3 Å². The number of hydrogen-bond donors (Lipinski definition) is 3. The predicted octanol–water partition coefficient (Wildman–Crippen LogP) is 2.50. The molecule has 2 amide bonds. The number of carbonyl (C=O) groups excluding carboxylic acids is 2. The third-order valence-electron chi connectivity index (χ3n) is 3.40. The Labute approximate surface area is 159 Å². The van der Waals surface area contributed by atoms with Crippen LogP contribution < -0.4 is 10.9 Å². The van der Waals surface area contributed by atoms with Crippen LogP contribution in [0.3, 0.4) is 0 Å². The lowest BCUT2D eigenvalue weighted by molar-refractivity contribution is -0.142. The average Bonchev–Trinajstić information content (AvgIpc) is 3.26. The molecule has 0 bridgehead atoms. The van der Waals surface area contributed by atoms with Gasteiger partial charge < -0.3 is 5.11 Å². The van der Waals surface area contributed by atoms with E-state index in [4.69, 9.17) is 0 Å². The lowest BCUT2D eigenvalue weighted by Crippen LogP contribution is -2.40. The summed E-state index contributed by atoms with van der Waals surface area (Å²) in [4.78, 5) is 26.6. The first-order valence-electron chi connectivity index (χ1n) is 7.64. The van der Waals surface area contributed by atoms with E-state index in [0.29, 0.717) is 4.68 Å². The molecule has 3 aromatic rings. The van der Waals surface area contributed by atoms with Gasteiger partial charge in [0.25, 0.3) is 5.91 Å². The number of alkyl halides is 3. The van der Waals surface area contributed by atoms with Gasteiger partial charge in [-0.2, -0.15) is 18.3 Å². The number of benzene rings is 1. The monoisotopic (exact) mass is 411 g/mol. The summed E-state index contributed by atoms with van der Waals surface area (Å²) in [6, 6.07) is 6.46. The molecule has 1 aromatic carbocycles. The molecule has 3 rings (SSSR count). The van der Waals surface area contributed by atoms with Crippen LogP contribution in [0.15, 0.2) is 35.7 Å². The summed E-state index contributed by atoms with van der Waals surface area (Å²) in [5.41, 5.74) is 3.11. The highest BCUT2D eigenvalue weighted by molar-refractivity contribution is 7.12. The van der Waals surface area contributed by atoms with E-state index in [2.05, 4.69) is 20.9 Å². The van der Waals surface area contributed by atoms with Crippen LogP contribution in [0.2, 0.25) is 0 Å². The van der Waals surface area contributed by atoms with Crippen LogP contribution in [0.25, 0.3) is 16.4 Å². The highest BCUT2D eigenvalue weighted by Gasteiger charge is 2.37. The molecule has 0 radical (unpaired) electrons. The molecule has 28 heavy (non-hydrogen) atoms. The van der Waals surface area contributed by atoms with Crippen molar-refractivity contribution in [1.82, 2.24) is 25.6 Å². The largest absolute Gasteiger partial charge is 0.508 e. The Bertz CT molecular complexity index is 1040. The zero-order chi connectivity index (χ0) is 20.5. The Morgan fingerprint density at radius 2 is 1.96 bits per heavy atom. The highest BCUT2D eigenvalue weighted by Crippen LogP contribution is 2.35. The van der Waals surface area contributed by atoms with E-state index in [9.17, 15) is 27.9 Å². The molecule has 0 aliphatic carbocycles. The zero-order valence-corrected chi connectivity index (χ0v) is 14.9. The summed E-state index contributed by atoms with van der Waals surface area (Å²) in [6.45, 7) is 1.18. The van der Waals surface area contributed by atoms with Gasteiger partial charge in [0.15, 0.2) is 5.69 Å². The molecule has 0 saturated heterocycles. The maximum absolute atomic E-state index is 13.5. The number of nitrogens with one attached hydrogen (secondary N) is 2. The molecule has 146 valence electrons. The van der Waals surface area contributed by atoms with Crippen molar-refractivity contribution in [3.05, 3.63) is 47.1 Å². The van der Waals surface area contributed by atoms with E-state index in [0.717, 1.165) is 17.4 Å². The average molecular weight is 411 g/mol. The summed E-state index contributed by atoms with van der Waals surface area (Å²) in [6.07, 6.45) is -4.73. The topological polar surface area (TPSA) is 109 Å². The summed E-state index contributed by atoms with van der Waals surface area (Å²) in [7, 11) is 0. The number of amides is 2. The number of rotatable bonds is 3. The number of carbonyl (C=O) groups is 2. The maximum atomic E-state index is 13.5. The van der Waals surface area contributed by atoms with E-state index in [-0.39, 0.29) is 27.8 Å². The Morgan fingerprint density at radius 1 is 1.21 bits per heavy atom. The van der Waals surface area contributed by atoms with Gasteiger partial charge in [-0.25, -0.2) is 9.67 Å². The number of aromatic hydroxyl groups is 1. The fourth-order valence-electron chi connectivity index (χ4n) is 2.21. The van der Waals surface area contributed by atoms with Gasteiger partial charge in [0, 0.05) is 17.9 Å². The Kier molecular flexibility index (Phi) is 5.05. The predicted molar refractivity (Wildman–Crippen MR) is 92.6 cm³/mol. The Balaban J connectivity index is 1.99. The van der Waals surface area contributed by atoms with Gasteiger partial charge in [-0.3, -0.25) is 20.4 Å². The van der Waals surface area contributed by atoms with E-state index in [1.54, 1.807) is 0 Å². The lowest BCUT2D eigenvalue weighted by Gasteiger charge is -2.07. The van der Waals surface area contributed by atoms with Crippen molar-refractivity contribution >= 4 is 23.2 Å². The highest BCUT2D eigenvalue weighted by atomic mass is 32.1. The number of thiazole rings is 1. The molecule has 0 aliphatic rings. The Hall–Kier alpha value is -3.41. The van der Waals surface area contributed by atoms with E-state index in [1.165, 1.54) is 36.6 Å². The summed E-state index contributed by atoms with van der Waals surface area (Å²) < 4.78 is 41.0. The minimum absolute atomic E-state index is 0.0253. The van der Waals surface area contributed by atoms with Crippen molar-refractivity contribution in [2.45, 2.75) is 13.1 Å². The normalized spacial score (nSPS) is 11.3. The molecule has 0 spiro atoms. The number of hydrogen-bond acceptors (Lipinski definition) is 6. The third kappa shape index (κ3) is 4.11. The fourth-order valence-corrected chi connectivity index (χ4v) is 2.98. The number of hydrazine groups is 1. The van der Waals surface area contributed by atoms with Crippen molar-refractivity contribution < 1.29 is 27.9 Å². The molecular formula is C16H12F3N5O3S. The van der Waals surface area contributed by atoms with Crippen molar-refractivity contribution in [1.29, 1.82) is 0 Å². The number of phenolic OH excluding ortho intramolecular Hbond substituents is 1. The second kappa shape index (κ2) is 7.31. The number of phenols is 1. The van der Waals surface area contributed by atoms with Crippen molar-refractivity contribution in [3.63, 3.8) is 0 Å². The van der Waals surface area contributed by atoms with Gasteiger partial charge in [-0.05, 0) is 18.2 Å². The minimum atomic E-state index is -4.73. The van der Waals surface area contributed by atoms with Crippen LogP contribution in [0.1, 0.15) is 23.1 Å². The quantitative estimate of drug-likeness (QED) is 0.574. The van der Waals surface area contributed by atoms with Gasteiger partial charge in [-0.1, -0.05) is 12.1 Å². The number of halogens is 3. The molecule has 0 atom stereocenters. The summed E-state index contributed by atoms with van der Waals surface area (Å²) in [5, 5.41) is 14.5. The molecule has 0 unspecified atom stereocenters. The molecule has 0 saturated carbocycles. The molecule has 8 nitrogen and oxygen atoms in total. The molecule has 2 aromatic heterocycles. The zero-order valence-electron chi connectivity index (χ0n) is 14.1. The fraction of sp³-hybridized carbons (Fsp3) is 0.125. The Morgan fingerprint density at radius 3 is 2.61 bits per heavy atom. The van der Waals surface area contributed by atoms with E-state index < -0.39 is 23.7 Å². The SMILES string of the molecule is CC(=O)NNC(=O)c1csc(-n2nc(-c3cccc(O)c3)cc2C(F)(F)F)n1. The van der Waals surface area contributed by atoms with Crippen molar-refractivity contribution in [3.8, 4) is 22.1 Å². The van der Waals surface area contributed by atoms with Crippen LogP contribution in [-0.2, 0) is 11.0 Å². The molecule has 3 N–H and O–H groups in total. The van der Waals surface area contributed by atoms with Crippen LogP contribution >= 0.6 is 11.3 Å². The molecule has 0 aliphatic heterocycles. The first-order valence-corrected chi connectivity index (χ1v) is 8.52. The standard InChI is InChI=1S/C16H12F3N5O3S/c1-8(25)21-22-14(27)12-7-28-15(20-12)24-13(16(17,18)19)6-11(23-24)9-3-2-4-10(26)5-9/h2-7,26H,1H3,(H,21,25)(H,22,27). The van der Waals surface area contributed by atoms with Gasteiger partial charge in [0.05, 0.1) is 5.69 Å². The van der Waals surface area contributed by atoms with Gasteiger partial charge in [0.2, 0.25) is 11.0 Å². The van der Waals surface area contributed by atoms with Crippen molar-refractivity contribution in [2.24, 2.45) is 0 Å². The summed E-state index contributed by atoms with van der Waals surface area (Å²) in [5.74, 6) is -1.43. The second-order valence-corrected chi connectivity index (χ2v) is 6.36. The minimum Gasteiger partial charge on any atom is -0.508 e. The second-order valence-electron chi connectivity index (χ2n) is 5.53. The maximum Gasteiger partial charge on any atom is 0.433 e. The van der Waals surface area contributed by atoms with Crippen LogP contribution in [0.4, 0.5) is 13.2 Å². The molecular weight excluding hydrogens is 399 g/mol. The van der Waals surface area contributed by atoms with Crippen LogP contribution in [0.5, 0.6) is 5.75 Å². The molecule has 0 fully saturated rings. The smallest absolute Gasteiger partial charge is 0.433 e. The third-order valence-corrected chi connectivity index (χ3v) is 4.22. The first kappa shape index (κ1) is 19.4. The van der Waals surface area contributed by atoms with E-state index in [1.807, 2.05) is 0 Å². The first-order chi connectivity index (χ1) is 13.1. The number of aromatic nitrogens is 3. The lowest BCUT2D eigenvalue weighted by atomic mass is 10.1. The van der Waals surface area contributed by atoms with Crippen molar-refractivity contribution in [2.75, 3.05) is 0 Å². The number of nitrogens with zero attached hydrogens (tertiary/aromatic N) is 3. The van der Waals surface area contributed by atoms with E-state index >= 15 is 0 Å². The van der Waals surface area contributed by atoms with Crippen LogP contribution in [0, 0.1) is 0 Å². The molecule has 2 heterocycles. The van der Waals surface area contributed by atoms with Gasteiger partial charge >= 0.3 is 6.18 Å². The molecule has 12 heteroatoms. The van der Waals surface area contributed by atoms with Crippen LogP contribution in [-0.4, -0.2) is 31.7 Å². The summed E-state index contributed by atoms with van der Waals surface area (Å²) >= 11 is 0.774.